The third kappa shape index (κ3) is 6.24. The summed E-state index contributed by atoms with van der Waals surface area (Å²) < 4.78 is 34.6. The van der Waals surface area contributed by atoms with Crippen LogP contribution in [0.1, 0.15) is 30.0 Å². The van der Waals surface area contributed by atoms with Gasteiger partial charge in [-0.15, -0.1) is 6.58 Å². The molecule has 5 nitrogen and oxygen atoms in total. The quantitative estimate of drug-likeness (QED) is 0.636. The summed E-state index contributed by atoms with van der Waals surface area (Å²) in [6.07, 6.45) is 3.92. The van der Waals surface area contributed by atoms with Gasteiger partial charge in [0.05, 0.1) is 23.6 Å². The fourth-order valence-electron chi connectivity index (χ4n) is 3.59. The summed E-state index contributed by atoms with van der Waals surface area (Å²) in [7, 11) is -3.61. The fraction of sp³-hybridized carbons (Fsp3) is 0.391. The third-order valence-electron chi connectivity index (χ3n) is 5.26. The first-order chi connectivity index (χ1) is 14.0. The molecule has 0 saturated carbocycles. The second kappa shape index (κ2) is 10.2. The smallest absolute Gasteiger partial charge is 0.241 e. The maximum absolute atomic E-state index is 13.0. The van der Waals surface area contributed by atoms with Gasteiger partial charge >= 0.3 is 0 Å². The van der Waals surface area contributed by atoms with E-state index in [1.807, 2.05) is 49.4 Å². The molecule has 0 radical (unpaired) electrons. The summed E-state index contributed by atoms with van der Waals surface area (Å²) >= 11 is 0. The number of ether oxygens (including phenoxy) is 1. The summed E-state index contributed by atoms with van der Waals surface area (Å²) in [6, 6.07) is 16.4. The molecule has 0 aromatic heterocycles. The minimum Gasteiger partial charge on any atom is -0.374 e. The molecule has 1 N–H and O–H groups in total. The largest absolute Gasteiger partial charge is 0.374 e. The van der Waals surface area contributed by atoms with Crippen LogP contribution in [0.25, 0.3) is 0 Å². The Morgan fingerprint density at radius 1 is 1.14 bits per heavy atom. The van der Waals surface area contributed by atoms with Crippen LogP contribution in [0, 0.1) is 6.92 Å². The van der Waals surface area contributed by atoms with Gasteiger partial charge in [0, 0.05) is 19.6 Å². The zero-order valence-corrected chi connectivity index (χ0v) is 17.8. The highest BCUT2D eigenvalue weighted by molar-refractivity contribution is 7.89. The Kier molecular flexibility index (Phi) is 7.61. The molecule has 1 aliphatic rings. The molecule has 1 aliphatic heterocycles. The maximum Gasteiger partial charge on any atom is 0.241 e. The van der Waals surface area contributed by atoms with E-state index in [2.05, 4.69) is 16.2 Å². The normalized spacial score (nSPS) is 17.1. The molecule has 3 rings (SSSR count). The molecule has 1 fully saturated rings. The van der Waals surface area contributed by atoms with Crippen molar-refractivity contribution in [2.45, 2.75) is 36.8 Å². The SMILES string of the molecule is C=CCOC1CCN(C[C@@H](NS(=O)(=O)c2ccc(C)cc2)c2ccccc2)CC1. The van der Waals surface area contributed by atoms with E-state index >= 15 is 0 Å². The van der Waals surface area contributed by atoms with Crippen LogP contribution in [0.3, 0.4) is 0 Å². The van der Waals surface area contributed by atoms with Gasteiger partial charge in [-0.25, -0.2) is 13.1 Å². The molecule has 1 saturated heterocycles. The Bertz CT molecular complexity index is 874. The van der Waals surface area contributed by atoms with Crippen LogP contribution in [0.15, 0.2) is 72.1 Å². The van der Waals surface area contributed by atoms with Crippen LogP contribution in [0.5, 0.6) is 0 Å². The highest BCUT2D eigenvalue weighted by Crippen LogP contribution is 2.22. The van der Waals surface area contributed by atoms with E-state index in [-0.39, 0.29) is 12.1 Å². The van der Waals surface area contributed by atoms with E-state index in [0.717, 1.165) is 37.1 Å². The standard InChI is InChI=1S/C23H30N2O3S/c1-3-17-28-21-13-15-25(16-14-21)18-23(20-7-5-4-6-8-20)24-29(26,27)22-11-9-19(2)10-12-22/h3-12,21,23-24H,1,13-18H2,2H3/t23-/m1/s1. The minimum atomic E-state index is -3.61. The number of nitrogens with one attached hydrogen (secondary N) is 1. The van der Waals surface area contributed by atoms with Gasteiger partial charge in [0.2, 0.25) is 10.0 Å². The second-order valence-corrected chi connectivity index (χ2v) is 9.23. The van der Waals surface area contributed by atoms with Gasteiger partial charge in [-0.2, -0.15) is 0 Å². The van der Waals surface area contributed by atoms with Crippen molar-refractivity contribution in [2.24, 2.45) is 0 Å². The summed E-state index contributed by atoms with van der Waals surface area (Å²) in [4.78, 5) is 2.60. The van der Waals surface area contributed by atoms with Crippen LogP contribution >= 0.6 is 0 Å². The van der Waals surface area contributed by atoms with Crippen molar-refractivity contribution in [3.8, 4) is 0 Å². The maximum atomic E-state index is 13.0. The first-order valence-electron chi connectivity index (χ1n) is 10.1. The van der Waals surface area contributed by atoms with E-state index in [9.17, 15) is 8.42 Å². The molecule has 2 aromatic rings. The zero-order valence-electron chi connectivity index (χ0n) is 17.0. The number of sulfonamides is 1. The van der Waals surface area contributed by atoms with E-state index in [0.29, 0.717) is 18.0 Å². The Morgan fingerprint density at radius 2 is 1.79 bits per heavy atom. The van der Waals surface area contributed by atoms with Crippen molar-refractivity contribution in [2.75, 3.05) is 26.2 Å². The summed E-state index contributed by atoms with van der Waals surface area (Å²) in [5.74, 6) is 0. The highest BCUT2D eigenvalue weighted by Gasteiger charge is 2.26. The third-order valence-corrected chi connectivity index (χ3v) is 6.74. The Hall–Kier alpha value is -1.99. The number of benzene rings is 2. The van der Waals surface area contributed by atoms with Gasteiger partial charge in [0.1, 0.15) is 0 Å². The van der Waals surface area contributed by atoms with Crippen LogP contribution in [0.4, 0.5) is 0 Å². The van der Waals surface area contributed by atoms with Gasteiger partial charge in [0.25, 0.3) is 0 Å². The second-order valence-electron chi connectivity index (χ2n) is 7.52. The molecule has 1 heterocycles. The van der Waals surface area contributed by atoms with E-state index in [1.165, 1.54) is 0 Å². The van der Waals surface area contributed by atoms with Crippen molar-refractivity contribution in [1.82, 2.24) is 9.62 Å². The molecule has 0 spiro atoms. The summed E-state index contributed by atoms with van der Waals surface area (Å²) in [5, 5.41) is 0. The molecule has 156 valence electrons. The van der Waals surface area contributed by atoms with Gasteiger partial charge in [0.15, 0.2) is 0 Å². The van der Waals surface area contributed by atoms with Gasteiger partial charge < -0.3 is 9.64 Å². The lowest BCUT2D eigenvalue weighted by atomic mass is 10.0. The number of hydrogen-bond donors (Lipinski definition) is 1. The van der Waals surface area contributed by atoms with Crippen molar-refractivity contribution >= 4 is 10.0 Å². The fourth-order valence-corrected chi connectivity index (χ4v) is 4.81. The number of nitrogens with zero attached hydrogens (tertiary/aromatic N) is 1. The topological polar surface area (TPSA) is 58.6 Å². The number of piperidine rings is 1. The first kappa shape index (κ1) is 21.7. The van der Waals surface area contributed by atoms with Crippen molar-refractivity contribution in [3.05, 3.63) is 78.4 Å². The van der Waals surface area contributed by atoms with Crippen LogP contribution in [-0.4, -0.2) is 45.7 Å². The molecule has 6 heteroatoms. The summed E-state index contributed by atoms with van der Waals surface area (Å²) in [6.45, 7) is 8.62. The molecule has 0 unspecified atom stereocenters. The first-order valence-corrected chi connectivity index (χ1v) is 11.5. The predicted octanol–water partition coefficient (Wildman–Crippen LogP) is 3.68. The van der Waals surface area contributed by atoms with Crippen LogP contribution in [-0.2, 0) is 14.8 Å². The van der Waals surface area contributed by atoms with E-state index in [4.69, 9.17) is 4.74 Å². The van der Waals surface area contributed by atoms with E-state index in [1.54, 1.807) is 18.2 Å². The van der Waals surface area contributed by atoms with Crippen molar-refractivity contribution < 1.29 is 13.2 Å². The minimum absolute atomic E-state index is 0.253. The Balaban J connectivity index is 1.71. The van der Waals surface area contributed by atoms with Gasteiger partial charge in [-0.3, -0.25) is 0 Å². The Labute approximate surface area is 174 Å². The zero-order chi connectivity index (χ0) is 20.7. The number of aryl methyl sites for hydroxylation is 1. The number of hydrogen-bond acceptors (Lipinski definition) is 4. The van der Waals surface area contributed by atoms with E-state index < -0.39 is 10.0 Å². The monoisotopic (exact) mass is 414 g/mol. The molecule has 0 amide bonds. The average molecular weight is 415 g/mol. The Morgan fingerprint density at radius 3 is 2.41 bits per heavy atom. The van der Waals surface area contributed by atoms with Crippen molar-refractivity contribution in [1.29, 1.82) is 0 Å². The van der Waals surface area contributed by atoms with Crippen LogP contribution in [0.2, 0.25) is 0 Å². The molecule has 29 heavy (non-hydrogen) atoms. The highest BCUT2D eigenvalue weighted by atomic mass is 32.2. The molecule has 0 bridgehead atoms. The lowest BCUT2D eigenvalue weighted by Crippen LogP contribution is -2.43. The number of likely N-dealkylation sites (tertiary alicyclic amines) is 1. The van der Waals surface area contributed by atoms with Gasteiger partial charge in [-0.05, 0) is 37.5 Å². The molecule has 1 atom stereocenters. The van der Waals surface area contributed by atoms with Crippen LogP contribution < -0.4 is 4.72 Å². The average Bonchev–Trinajstić information content (AvgIpc) is 2.73. The predicted molar refractivity (Wildman–Crippen MR) is 116 cm³/mol. The lowest BCUT2D eigenvalue weighted by Gasteiger charge is -2.34. The van der Waals surface area contributed by atoms with Gasteiger partial charge in [-0.1, -0.05) is 54.1 Å². The lowest BCUT2D eigenvalue weighted by molar-refractivity contribution is 0.0205. The molecule has 0 aliphatic carbocycles. The molecular weight excluding hydrogens is 384 g/mol. The molecular formula is C23H30N2O3S. The summed E-state index contributed by atoms with van der Waals surface area (Å²) in [5.41, 5.74) is 2.00. The van der Waals surface area contributed by atoms with Crippen molar-refractivity contribution in [3.63, 3.8) is 0 Å². The molecule has 2 aromatic carbocycles. The number of rotatable bonds is 9.